The monoisotopic (exact) mass is 448 g/mol. The lowest BCUT2D eigenvalue weighted by Gasteiger charge is -2.51. The molecule has 7 nitrogen and oxygen atoms in total. The van der Waals surface area contributed by atoms with Crippen molar-refractivity contribution in [1.29, 1.82) is 0 Å². The van der Waals surface area contributed by atoms with Gasteiger partial charge in [-0.05, 0) is 61.9 Å². The van der Waals surface area contributed by atoms with Crippen LogP contribution >= 0.6 is 0 Å². The van der Waals surface area contributed by atoms with Crippen molar-refractivity contribution in [2.45, 2.75) is 32.1 Å². The predicted molar refractivity (Wildman–Crippen MR) is 135 cm³/mol. The zero-order valence-corrected chi connectivity index (χ0v) is 20.4. The van der Waals surface area contributed by atoms with Gasteiger partial charge in [-0.2, -0.15) is 0 Å². The third kappa shape index (κ3) is 4.04. The van der Waals surface area contributed by atoms with Crippen LogP contribution < -0.4 is 15.8 Å². The molecule has 1 aromatic carbocycles. The second-order valence-electron chi connectivity index (χ2n) is 9.74. The highest BCUT2D eigenvalue weighted by atomic mass is 16.5. The Labute approximate surface area is 197 Å². The van der Waals surface area contributed by atoms with Gasteiger partial charge in [-0.1, -0.05) is 12.1 Å². The van der Waals surface area contributed by atoms with Crippen molar-refractivity contribution in [2.24, 2.45) is 10.9 Å². The fourth-order valence-corrected chi connectivity index (χ4v) is 5.57. The van der Waals surface area contributed by atoms with E-state index in [4.69, 9.17) is 9.73 Å². The van der Waals surface area contributed by atoms with Crippen molar-refractivity contribution in [2.75, 3.05) is 52.3 Å². The first-order valence-corrected chi connectivity index (χ1v) is 11.9. The molecule has 1 fully saturated rings. The van der Waals surface area contributed by atoms with Gasteiger partial charge >= 0.3 is 0 Å². The summed E-state index contributed by atoms with van der Waals surface area (Å²) in [5.41, 5.74) is 14.0. The quantitative estimate of drug-likeness (QED) is 0.738. The first-order valence-electron chi connectivity index (χ1n) is 11.9. The van der Waals surface area contributed by atoms with Crippen LogP contribution in [-0.2, 0) is 4.74 Å². The summed E-state index contributed by atoms with van der Waals surface area (Å²) >= 11 is 0. The highest BCUT2D eigenvalue weighted by molar-refractivity contribution is 6.07. The summed E-state index contributed by atoms with van der Waals surface area (Å²) in [6.45, 7) is 7.79. The van der Waals surface area contributed by atoms with Gasteiger partial charge in [-0.3, -0.25) is 14.8 Å². The molecule has 7 heteroatoms. The van der Waals surface area contributed by atoms with Crippen LogP contribution in [0.5, 0.6) is 0 Å². The van der Waals surface area contributed by atoms with Crippen LogP contribution in [0.1, 0.15) is 19.4 Å². The third-order valence-electron chi connectivity index (χ3n) is 7.38. The van der Waals surface area contributed by atoms with Gasteiger partial charge in [0, 0.05) is 51.0 Å². The minimum absolute atomic E-state index is 0.150. The number of ether oxygens (including phenoxy) is 1. The molecule has 0 amide bonds. The number of nitrogens with zero attached hydrogens (tertiary/aromatic N) is 4. The van der Waals surface area contributed by atoms with Gasteiger partial charge < -0.3 is 15.1 Å². The molecule has 0 radical (unpaired) electrons. The largest absolute Gasteiger partial charge is 0.379 e. The van der Waals surface area contributed by atoms with Gasteiger partial charge in [-0.15, -0.1) is 0 Å². The van der Waals surface area contributed by atoms with E-state index in [1.54, 1.807) is 0 Å². The van der Waals surface area contributed by atoms with E-state index in [1.165, 1.54) is 22.4 Å². The summed E-state index contributed by atoms with van der Waals surface area (Å²) in [6, 6.07) is 9.44. The Balaban J connectivity index is 1.64. The molecule has 2 N–H and O–H groups in total. The lowest BCUT2D eigenvalue weighted by atomic mass is 9.74. The second kappa shape index (κ2) is 9.06. The van der Waals surface area contributed by atoms with Crippen LogP contribution in [0, 0.1) is 5.92 Å². The summed E-state index contributed by atoms with van der Waals surface area (Å²) < 4.78 is 5.77. The fraction of sp³-hybridized carbons (Fsp3) is 0.500. The van der Waals surface area contributed by atoms with E-state index >= 15 is 0 Å². The van der Waals surface area contributed by atoms with E-state index in [0.717, 1.165) is 37.7 Å². The van der Waals surface area contributed by atoms with Crippen LogP contribution in [0.25, 0.3) is 5.57 Å². The molecule has 0 bridgehead atoms. The Hall–Kier alpha value is -2.45. The number of hydrogen-bond donors (Lipinski definition) is 2. The maximum atomic E-state index is 5.77. The molecule has 1 saturated heterocycles. The summed E-state index contributed by atoms with van der Waals surface area (Å²) in [7, 11) is 6.46. The Morgan fingerprint density at radius 1 is 1.24 bits per heavy atom. The molecule has 176 valence electrons. The molecule has 0 spiro atoms. The molecule has 33 heavy (non-hydrogen) atoms. The number of likely N-dealkylation sites (N-methyl/N-ethyl adjacent to an activating group) is 1. The topological polar surface area (TPSA) is 55.4 Å². The number of hydrogen-bond acceptors (Lipinski definition) is 7. The first kappa shape index (κ1) is 22.3. The molecule has 5 rings (SSSR count). The lowest BCUT2D eigenvalue weighted by molar-refractivity contribution is -0.0521. The van der Waals surface area contributed by atoms with Gasteiger partial charge in [0.25, 0.3) is 0 Å². The molecule has 4 atom stereocenters. The van der Waals surface area contributed by atoms with Gasteiger partial charge in [0.2, 0.25) is 0 Å². The number of nitrogens with one attached hydrogen (secondary N) is 2. The molecule has 1 aromatic rings. The molecule has 0 aliphatic carbocycles. The Bertz CT molecular complexity index is 1030. The smallest absolute Gasteiger partial charge is 0.0828 e. The summed E-state index contributed by atoms with van der Waals surface area (Å²) in [4.78, 5) is 12.2. The standard InChI is InChI=1S/C26H36N6O/c1-17-15-27-25(22-9-10-28-29-22)26-24(17)21(19-7-6-8-20(13-19)30(3)4)14-23(31(26)5)32-11-12-33-16-18(32)2/h6-9,13-15,18,23-24,26,28-29H,10-12,16H2,1-5H3/t18-,23?,24?,26?/m1/s1. The minimum atomic E-state index is 0.150. The van der Waals surface area contributed by atoms with Crippen molar-refractivity contribution < 1.29 is 4.74 Å². The lowest BCUT2D eigenvalue weighted by Crippen LogP contribution is -2.62. The Morgan fingerprint density at radius 2 is 2.09 bits per heavy atom. The molecular formula is C26H36N6O. The summed E-state index contributed by atoms with van der Waals surface area (Å²) in [6.07, 6.45) is 6.93. The van der Waals surface area contributed by atoms with Crippen molar-refractivity contribution in [3.8, 4) is 0 Å². The number of aliphatic imine (C=N–C) groups is 1. The van der Waals surface area contributed by atoms with Gasteiger partial charge in [0.05, 0.1) is 36.8 Å². The molecule has 4 heterocycles. The first-order chi connectivity index (χ1) is 16.0. The maximum absolute atomic E-state index is 5.77. The number of rotatable bonds is 4. The normalized spacial score (nSPS) is 30.6. The maximum Gasteiger partial charge on any atom is 0.0828 e. The van der Waals surface area contributed by atoms with E-state index in [1.807, 2.05) is 0 Å². The van der Waals surface area contributed by atoms with E-state index in [0.29, 0.717) is 6.04 Å². The van der Waals surface area contributed by atoms with Crippen molar-refractivity contribution in [1.82, 2.24) is 20.7 Å². The van der Waals surface area contributed by atoms with Crippen molar-refractivity contribution in [3.05, 3.63) is 59.5 Å². The van der Waals surface area contributed by atoms with E-state index in [2.05, 4.69) is 103 Å². The predicted octanol–water partition coefficient (Wildman–Crippen LogP) is 2.46. The van der Waals surface area contributed by atoms with Gasteiger partial charge in [-0.25, -0.2) is 5.43 Å². The van der Waals surface area contributed by atoms with Crippen molar-refractivity contribution in [3.63, 3.8) is 0 Å². The average Bonchev–Trinajstić information content (AvgIpc) is 3.35. The van der Waals surface area contributed by atoms with E-state index < -0.39 is 0 Å². The highest BCUT2D eigenvalue weighted by Crippen LogP contribution is 2.43. The molecule has 4 aliphatic heterocycles. The minimum Gasteiger partial charge on any atom is -0.379 e. The number of anilines is 1. The number of benzene rings is 1. The van der Waals surface area contributed by atoms with Gasteiger partial charge in [0.1, 0.15) is 0 Å². The third-order valence-corrected chi connectivity index (χ3v) is 7.38. The van der Waals surface area contributed by atoms with Crippen LogP contribution in [0.2, 0.25) is 0 Å². The van der Waals surface area contributed by atoms with E-state index in [9.17, 15) is 0 Å². The van der Waals surface area contributed by atoms with Crippen LogP contribution in [0.3, 0.4) is 0 Å². The molecule has 3 unspecified atom stereocenters. The number of fused-ring (bicyclic) bond motifs is 1. The van der Waals surface area contributed by atoms with Crippen molar-refractivity contribution >= 4 is 17.0 Å². The Morgan fingerprint density at radius 3 is 2.82 bits per heavy atom. The molecule has 0 saturated carbocycles. The number of morpholine rings is 1. The summed E-state index contributed by atoms with van der Waals surface area (Å²) in [5.74, 6) is 0.246. The van der Waals surface area contributed by atoms with E-state index in [-0.39, 0.29) is 18.1 Å². The second-order valence-corrected chi connectivity index (χ2v) is 9.74. The van der Waals surface area contributed by atoms with Crippen LogP contribution in [0.15, 0.2) is 58.9 Å². The Kier molecular flexibility index (Phi) is 6.14. The average molecular weight is 449 g/mol. The SMILES string of the molecule is CC1=CN=C(C2=CCNN2)C2C1C(c1cccc(N(C)C)c1)=CC(N1CCOC[C@H]1C)N2C. The van der Waals surface area contributed by atoms with Gasteiger partial charge in [0.15, 0.2) is 0 Å². The fourth-order valence-electron chi connectivity index (χ4n) is 5.57. The zero-order chi connectivity index (χ0) is 23.1. The molecular weight excluding hydrogens is 412 g/mol. The summed E-state index contributed by atoms with van der Waals surface area (Å²) in [5, 5.41) is 0. The molecule has 0 aromatic heterocycles. The zero-order valence-electron chi connectivity index (χ0n) is 20.4. The molecule has 4 aliphatic rings. The van der Waals surface area contributed by atoms with Crippen LogP contribution in [0.4, 0.5) is 5.69 Å². The van der Waals surface area contributed by atoms with Crippen LogP contribution in [-0.4, -0.2) is 81.2 Å². The highest BCUT2D eigenvalue weighted by Gasteiger charge is 2.45. The number of hydrazine groups is 1.